The van der Waals surface area contributed by atoms with Gasteiger partial charge in [-0.3, -0.25) is 9.69 Å². The maximum Gasteiger partial charge on any atom is 0.166 e. The molecule has 0 spiro atoms. The van der Waals surface area contributed by atoms with Gasteiger partial charge in [0.05, 0.1) is 24.4 Å². The summed E-state index contributed by atoms with van der Waals surface area (Å²) in [6.45, 7) is 5.93. The van der Waals surface area contributed by atoms with Gasteiger partial charge in [-0.05, 0) is 150 Å². The van der Waals surface area contributed by atoms with Gasteiger partial charge >= 0.3 is 0 Å². The van der Waals surface area contributed by atoms with Gasteiger partial charge in [-0.15, -0.1) is 0 Å². The number of rotatable bonds is 9. The Kier molecular flexibility index (Phi) is 10.6. The topological polar surface area (TPSA) is 101 Å². The molecule has 0 unspecified atom stereocenters. The average molecular weight is 676 g/mol. The molecule has 49 heavy (non-hydrogen) atoms. The van der Waals surface area contributed by atoms with E-state index in [1.54, 1.807) is 0 Å². The molecule has 6 nitrogen and oxygen atoms in total. The van der Waals surface area contributed by atoms with Crippen LogP contribution in [0.4, 0.5) is 0 Å². The van der Waals surface area contributed by atoms with Crippen LogP contribution in [0.25, 0.3) is 0 Å². The molecular formula is C43H65NO5. The zero-order valence-electron chi connectivity index (χ0n) is 30.6. The van der Waals surface area contributed by atoms with Crippen molar-refractivity contribution >= 4 is 5.78 Å². The third-order valence-corrected chi connectivity index (χ3v) is 14.8. The summed E-state index contributed by atoms with van der Waals surface area (Å²) in [5.74, 6) is 2.82. The Morgan fingerprint density at radius 1 is 0.959 bits per heavy atom. The molecule has 1 aromatic carbocycles. The summed E-state index contributed by atoms with van der Waals surface area (Å²) in [7, 11) is 0. The van der Waals surface area contributed by atoms with Gasteiger partial charge in [0.15, 0.2) is 5.78 Å². The molecule has 272 valence electrons. The second-order valence-electron chi connectivity index (χ2n) is 18.6. The van der Waals surface area contributed by atoms with Crippen LogP contribution in [-0.4, -0.2) is 75.2 Å². The Bertz CT molecular complexity index is 1330. The first-order valence-electron chi connectivity index (χ1n) is 20.2. The predicted octanol–water partition coefficient (Wildman–Crippen LogP) is 7.36. The van der Waals surface area contributed by atoms with Crippen molar-refractivity contribution in [3.8, 4) is 0 Å². The lowest BCUT2D eigenvalue weighted by Gasteiger charge is -2.58. The molecule has 0 aliphatic heterocycles. The van der Waals surface area contributed by atoms with E-state index in [-0.39, 0.29) is 29.6 Å². The molecule has 1 aromatic rings. The van der Waals surface area contributed by atoms with Crippen LogP contribution in [-0.2, 0) is 6.42 Å². The summed E-state index contributed by atoms with van der Waals surface area (Å²) in [5, 5.41) is 44.9. The number of aliphatic hydroxyl groups is 4. The fourth-order valence-electron chi connectivity index (χ4n) is 12.7. The highest BCUT2D eigenvalue weighted by molar-refractivity contribution is 5.99. The van der Waals surface area contributed by atoms with E-state index in [4.69, 9.17) is 0 Å². The third kappa shape index (κ3) is 7.38. The minimum absolute atomic E-state index is 0.0276. The Morgan fingerprint density at radius 3 is 2.33 bits per heavy atom. The second-order valence-corrected chi connectivity index (χ2v) is 18.6. The number of Topliss-reactive ketones (excluding diaryl/α,β-unsaturated/α-hetero) is 1. The lowest BCUT2D eigenvalue weighted by atomic mass is 9.49. The molecule has 6 heteroatoms. The van der Waals surface area contributed by atoms with Crippen LogP contribution in [0.5, 0.6) is 0 Å². The Labute approximate surface area is 295 Å². The van der Waals surface area contributed by atoms with E-state index in [9.17, 15) is 25.2 Å². The van der Waals surface area contributed by atoms with Gasteiger partial charge in [-0.1, -0.05) is 50.0 Å². The Hall–Kier alpha value is -1.57. The smallest absolute Gasteiger partial charge is 0.166 e. The van der Waals surface area contributed by atoms with E-state index in [1.807, 2.05) is 0 Å². The molecule has 8 aliphatic carbocycles. The fraction of sp³-hybridized carbons (Fsp3) is 0.791. The second kappa shape index (κ2) is 14.5. The molecule has 0 aromatic heterocycles. The molecule has 4 N–H and O–H groups in total. The van der Waals surface area contributed by atoms with Crippen LogP contribution in [0.3, 0.4) is 0 Å². The Morgan fingerprint density at radius 2 is 1.65 bits per heavy atom. The van der Waals surface area contributed by atoms with E-state index in [0.717, 1.165) is 92.4 Å². The van der Waals surface area contributed by atoms with Gasteiger partial charge in [0.25, 0.3) is 0 Å². The Balaban J connectivity index is 1.24. The highest BCUT2D eigenvalue weighted by Gasteiger charge is 2.58. The fourth-order valence-corrected chi connectivity index (χ4v) is 12.7. The maximum absolute atomic E-state index is 14.4. The number of fused-ring (bicyclic) bond motifs is 8. The van der Waals surface area contributed by atoms with Gasteiger partial charge in [0.2, 0.25) is 0 Å². The molecule has 0 saturated heterocycles. The minimum atomic E-state index is -1.01. The van der Waals surface area contributed by atoms with Crippen molar-refractivity contribution in [2.45, 2.75) is 153 Å². The number of aliphatic hydroxyl groups excluding tert-OH is 3. The van der Waals surface area contributed by atoms with Crippen LogP contribution in [0, 0.1) is 34.5 Å². The van der Waals surface area contributed by atoms with Crippen molar-refractivity contribution in [1.29, 1.82) is 0 Å². The highest BCUT2D eigenvalue weighted by atomic mass is 16.3. The predicted molar refractivity (Wildman–Crippen MR) is 194 cm³/mol. The number of ketones is 1. The van der Waals surface area contributed by atoms with E-state index in [2.05, 4.69) is 43.0 Å². The summed E-state index contributed by atoms with van der Waals surface area (Å²) in [5.41, 5.74) is 3.00. The van der Waals surface area contributed by atoms with Gasteiger partial charge in [0.1, 0.15) is 0 Å². The molecule has 0 heterocycles. The molecule has 5 atom stereocenters. The molecular weight excluding hydrogens is 610 g/mol. The molecule has 9 rings (SSSR count). The van der Waals surface area contributed by atoms with Crippen molar-refractivity contribution in [2.24, 2.45) is 34.5 Å². The number of benzene rings is 1. The zero-order chi connectivity index (χ0) is 34.4. The SMILES string of the molecule is CC1=CCC[C@@]2(C)[C@@H](CC[C@@]2(O)CN(C[C@H](O)CO)CC23CC4CC(CC(C4)C2)C3)c2ccc(cc2C(=O)C2CCCCC2)C[C@@H](O)CC1. The summed E-state index contributed by atoms with van der Waals surface area (Å²) in [4.78, 5) is 16.8. The van der Waals surface area contributed by atoms with Crippen molar-refractivity contribution < 1.29 is 25.2 Å². The first kappa shape index (κ1) is 35.8. The molecule has 6 saturated carbocycles. The normalized spacial score (nSPS) is 38.8. The molecule has 6 bridgehead atoms. The summed E-state index contributed by atoms with van der Waals surface area (Å²) >= 11 is 0. The summed E-state index contributed by atoms with van der Waals surface area (Å²) in [6.07, 6.45) is 19.5. The highest BCUT2D eigenvalue weighted by Crippen LogP contribution is 2.62. The quantitative estimate of drug-likeness (QED) is 0.161. The van der Waals surface area contributed by atoms with Crippen LogP contribution in [0.1, 0.15) is 150 Å². The molecule has 8 aliphatic rings. The lowest BCUT2D eigenvalue weighted by molar-refractivity contribution is -0.114. The van der Waals surface area contributed by atoms with Crippen molar-refractivity contribution in [1.82, 2.24) is 4.90 Å². The van der Waals surface area contributed by atoms with Gasteiger partial charge in [-0.25, -0.2) is 0 Å². The first-order chi connectivity index (χ1) is 23.5. The van der Waals surface area contributed by atoms with E-state index >= 15 is 0 Å². The molecule has 0 amide bonds. The average Bonchev–Trinajstić information content (AvgIpc) is 3.31. The first-order valence-corrected chi connectivity index (χ1v) is 20.2. The van der Waals surface area contributed by atoms with Gasteiger partial charge < -0.3 is 20.4 Å². The summed E-state index contributed by atoms with van der Waals surface area (Å²) < 4.78 is 0. The van der Waals surface area contributed by atoms with E-state index < -0.39 is 23.2 Å². The third-order valence-electron chi connectivity index (χ3n) is 14.8. The standard InChI is InChI=1S/C43H65NO5/c1-29-7-6-15-41(2)39(37-13-11-30(20-35(46)12-10-29)21-38(37)40(48)34-8-4-3-5-9-34)14-16-43(41,49)28-44(25-36(47)26-45)27-42-22-31-17-32(23-42)19-33(18-31)24-42/h7,11,13,21,31-36,39,45-47,49H,3-6,8-10,12,14-20,22-28H2,1-2H3/t31?,32?,33?,35-,36-,39-,41-,42?,43+/m0/s1. The molecule has 6 fully saturated rings. The van der Waals surface area contributed by atoms with Crippen LogP contribution < -0.4 is 0 Å². The van der Waals surface area contributed by atoms with Crippen LogP contribution in [0.2, 0.25) is 0 Å². The van der Waals surface area contributed by atoms with Crippen molar-refractivity contribution in [3.05, 3.63) is 46.5 Å². The van der Waals surface area contributed by atoms with E-state index in [1.165, 1.54) is 50.5 Å². The molecule has 0 radical (unpaired) electrons. The minimum Gasteiger partial charge on any atom is -0.394 e. The number of hydrogen-bond donors (Lipinski definition) is 4. The number of hydrogen-bond acceptors (Lipinski definition) is 6. The van der Waals surface area contributed by atoms with Crippen LogP contribution in [0.15, 0.2) is 29.8 Å². The number of nitrogens with zero attached hydrogens (tertiary/aromatic N) is 1. The summed E-state index contributed by atoms with van der Waals surface area (Å²) in [6, 6.07) is 6.43. The largest absolute Gasteiger partial charge is 0.394 e. The van der Waals surface area contributed by atoms with Gasteiger partial charge in [-0.2, -0.15) is 0 Å². The number of carbonyl (C=O) groups is 1. The maximum atomic E-state index is 14.4. The van der Waals surface area contributed by atoms with Crippen molar-refractivity contribution in [2.75, 3.05) is 26.2 Å². The zero-order valence-corrected chi connectivity index (χ0v) is 30.6. The van der Waals surface area contributed by atoms with E-state index in [0.29, 0.717) is 32.4 Å². The van der Waals surface area contributed by atoms with Gasteiger partial charge in [0, 0.05) is 36.5 Å². The lowest BCUT2D eigenvalue weighted by Crippen LogP contribution is -2.57. The monoisotopic (exact) mass is 675 g/mol. The van der Waals surface area contributed by atoms with Crippen LogP contribution >= 0.6 is 0 Å². The number of allylic oxidation sites excluding steroid dienone is 2. The number of carbonyl (C=O) groups excluding carboxylic acids is 1. The van der Waals surface area contributed by atoms with Crippen molar-refractivity contribution in [3.63, 3.8) is 0 Å².